The molecular weight excluding hydrogens is 269 g/mol. The first-order valence-corrected chi connectivity index (χ1v) is 6.62. The molecule has 0 saturated carbocycles. The number of hydrogen-bond acceptors (Lipinski definition) is 4. The van der Waals surface area contributed by atoms with Crippen LogP contribution in [-0.2, 0) is 6.18 Å². The van der Waals surface area contributed by atoms with E-state index in [-0.39, 0.29) is 5.82 Å². The number of halogens is 3. The minimum absolute atomic E-state index is 0.0304. The van der Waals surface area contributed by atoms with Crippen molar-refractivity contribution in [2.24, 2.45) is 17.7 Å². The molecule has 1 aromatic heterocycles. The molecule has 0 aromatic carbocycles. The van der Waals surface area contributed by atoms with E-state index in [0.717, 1.165) is 31.6 Å². The molecule has 1 saturated heterocycles. The number of nitrogens with one attached hydrogen (secondary N) is 1. The maximum atomic E-state index is 12.9. The summed E-state index contributed by atoms with van der Waals surface area (Å²) in [4.78, 5) is 6.02. The summed E-state index contributed by atoms with van der Waals surface area (Å²) in [5.41, 5.74) is 1.47. The predicted octanol–water partition coefficient (Wildman–Crippen LogP) is 2.87. The number of aromatic nitrogens is 1. The van der Waals surface area contributed by atoms with Crippen LogP contribution >= 0.6 is 0 Å². The summed E-state index contributed by atoms with van der Waals surface area (Å²) in [6.45, 7) is 5.71. The summed E-state index contributed by atoms with van der Waals surface area (Å²) >= 11 is 0. The van der Waals surface area contributed by atoms with E-state index in [1.165, 1.54) is 0 Å². The molecule has 3 N–H and O–H groups in total. The van der Waals surface area contributed by atoms with Crippen LogP contribution in [0.15, 0.2) is 12.1 Å². The van der Waals surface area contributed by atoms with Crippen molar-refractivity contribution in [3.05, 3.63) is 17.7 Å². The van der Waals surface area contributed by atoms with E-state index < -0.39 is 11.7 Å². The highest BCUT2D eigenvalue weighted by Gasteiger charge is 2.33. The molecule has 1 aliphatic heterocycles. The highest BCUT2D eigenvalue weighted by molar-refractivity contribution is 5.51. The van der Waals surface area contributed by atoms with Crippen LogP contribution in [0.3, 0.4) is 0 Å². The smallest absolute Gasteiger partial charge is 0.356 e. The number of nitrogen functional groups attached to an aromatic ring is 1. The van der Waals surface area contributed by atoms with Crippen LogP contribution in [0.5, 0.6) is 0 Å². The van der Waals surface area contributed by atoms with Gasteiger partial charge in [0.15, 0.2) is 0 Å². The standard InChI is InChI=1S/C13H19F3N4/c1-8(2)9-3-4-20(7-9)12-6-10(13(14,15)16)5-11(18-12)19-17/h5-6,8-9H,3-4,7,17H2,1-2H3,(H,18,19). The van der Waals surface area contributed by atoms with Gasteiger partial charge in [0, 0.05) is 13.1 Å². The zero-order chi connectivity index (χ0) is 14.9. The van der Waals surface area contributed by atoms with Gasteiger partial charge in [0.25, 0.3) is 0 Å². The van der Waals surface area contributed by atoms with Crippen LogP contribution < -0.4 is 16.2 Å². The van der Waals surface area contributed by atoms with Crippen LogP contribution in [0.25, 0.3) is 0 Å². The van der Waals surface area contributed by atoms with Gasteiger partial charge in [-0.05, 0) is 30.4 Å². The van der Waals surface area contributed by atoms with Crippen molar-refractivity contribution >= 4 is 11.6 Å². The maximum absolute atomic E-state index is 12.9. The van der Waals surface area contributed by atoms with Crippen molar-refractivity contribution in [2.45, 2.75) is 26.4 Å². The number of hydrazine groups is 1. The van der Waals surface area contributed by atoms with Gasteiger partial charge in [-0.3, -0.25) is 0 Å². The Kier molecular flexibility index (Phi) is 4.08. The topological polar surface area (TPSA) is 54.2 Å². The van der Waals surface area contributed by atoms with E-state index in [2.05, 4.69) is 24.3 Å². The van der Waals surface area contributed by atoms with Crippen molar-refractivity contribution < 1.29 is 13.2 Å². The second-order valence-corrected chi connectivity index (χ2v) is 5.48. The molecule has 0 bridgehead atoms. The summed E-state index contributed by atoms with van der Waals surface area (Å²) in [5, 5.41) is 0. The SMILES string of the molecule is CC(C)C1CCN(c2cc(C(F)(F)F)cc(NN)n2)C1. The molecule has 1 fully saturated rings. The highest BCUT2D eigenvalue weighted by Crippen LogP contribution is 2.34. The lowest BCUT2D eigenvalue weighted by Crippen LogP contribution is -2.24. The van der Waals surface area contributed by atoms with Crippen molar-refractivity contribution in [1.82, 2.24) is 4.98 Å². The Morgan fingerprint density at radius 2 is 2.10 bits per heavy atom. The Morgan fingerprint density at radius 3 is 2.60 bits per heavy atom. The normalized spacial score (nSPS) is 19.8. The van der Waals surface area contributed by atoms with Crippen LogP contribution in [0, 0.1) is 11.8 Å². The number of rotatable bonds is 3. The molecule has 1 aromatic rings. The predicted molar refractivity (Wildman–Crippen MR) is 72.2 cm³/mol. The van der Waals surface area contributed by atoms with Crippen LogP contribution in [0.1, 0.15) is 25.8 Å². The molecule has 1 unspecified atom stereocenters. The monoisotopic (exact) mass is 288 g/mol. The lowest BCUT2D eigenvalue weighted by molar-refractivity contribution is -0.137. The molecule has 2 rings (SSSR count). The molecule has 0 radical (unpaired) electrons. The summed E-state index contributed by atoms with van der Waals surface area (Å²) in [5.74, 6) is 6.57. The van der Waals surface area contributed by atoms with Crippen LogP contribution in [0.2, 0.25) is 0 Å². The van der Waals surface area contributed by atoms with Gasteiger partial charge in [-0.2, -0.15) is 13.2 Å². The second kappa shape index (κ2) is 5.47. The number of pyridine rings is 1. The molecule has 2 heterocycles. The van der Waals surface area contributed by atoms with E-state index >= 15 is 0 Å². The van der Waals surface area contributed by atoms with Gasteiger partial charge >= 0.3 is 6.18 Å². The molecular formula is C13H19F3N4. The minimum atomic E-state index is -4.40. The van der Waals surface area contributed by atoms with E-state index in [1.807, 2.05) is 4.90 Å². The Labute approximate surface area is 116 Å². The highest BCUT2D eigenvalue weighted by atomic mass is 19.4. The van der Waals surface area contributed by atoms with Crippen LogP contribution in [-0.4, -0.2) is 18.1 Å². The molecule has 0 amide bonds. The number of alkyl halides is 3. The van der Waals surface area contributed by atoms with Gasteiger partial charge in [-0.1, -0.05) is 13.8 Å². The van der Waals surface area contributed by atoms with Crippen molar-refractivity contribution in [1.29, 1.82) is 0 Å². The first-order valence-electron chi connectivity index (χ1n) is 6.62. The average Bonchev–Trinajstić information content (AvgIpc) is 2.87. The number of anilines is 2. The number of hydrogen-bond donors (Lipinski definition) is 2. The molecule has 20 heavy (non-hydrogen) atoms. The Hall–Kier alpha value is -1.50. The van der Waals surface area contributed by atoms with Gasteiger partial charge in [0.05, 0.1) is 5.56 Å². The zero-order valence-electron chi connectivity index (χ0n) is 11.5. The third-order valence-corrected chi connectivity index (χ3v) is 3.78. The van der Waals surface area contributed by atoms with Crippen LogP contribution in [0.4, 0.5) is 24.8 Å². The fraction of sp³-hybridized carbons (Fsp3) is 0.615. The summed E-state index contributed by atoms with van der Waals surface area (Å²) < 4.78 is 38.6. The lowest BCUT2D eigenvalue weighted by atomic mass is 9.95. The maximum Gasteiger partial charge on any atom is 0.416 e. The van der Waals surface area contributed by atoms with E-state index in [9.17, 15) is 13.2 Å². The lowest BCUT2D eigenvalue weighted by Gasteiger charge is -2.21. The second-order valence-electron chi connectivity index (χ2n) is 5.48. The van der Waals surface area contributed by atoms with Crippen molar-refractivity contribution in [3.63, 3.8) is 0 Å². The fourth-order valence-electron chi connectivity index (χ4n) is 2.46. The number of nitrogens with zero attached hydrogens (tertiary/aromatic N) is 2. The minimum Gasteiger partial charge on any atom is -0.356 e. The van der Waals surface area contributed by atoms with E-state index in [0.29, 0.717) is 17.7 Å². The van der Waals surface area contributed by atoms with Gasteiger partial charge in [-0.15, -0.1) is 0 Å². The van der Waals surface area contributed by atoms with E-state index in [1.54, 1.807) is 0 Å². The summed E-state index contributed by atoms with van der Waals surface area (Å²) in [7, 11) is 0. The largest absolute Gasteiger partial charge is 0.416 e. The van der Waals surface area contributed by atoms with Crippen molar-refractivity contribution in [2.75, 3.05) is 23.4 Å². The zero-order valence-corrected chi connectivity index (χ0v) is 11.5. The Morgan fingerprint density at radius 1 is 1.40 bits per heavy atom. The summed E-state index contributed by atoms with van der Waals surface area (Å²) in [6.07, 6.45) is -3.43. The molecule has 7 heteroatoms. The summed E-state index contributed by atoms with van der Waals surface area (Å²) in [6, 6.07) is 2.00. The van der Waals surface area contributed by atoms with Gasteiger partial charge < -0.3 is 10.3 Å². The molecule has 112 valence electrons. The third-order valence-electron chi connectivity index (χ3n) is 3.78. The molecule has 4 nitrogen and oxygen atoms in total. The quantitative estimate of drug-likeness (QED) is 0.663. The number of nitrogens with two attached hydrogens (primary N) is 1. The van der Waals surface area contributed by atoms with E-state index in [4.69, 9.17) is 5.84 Å². The first kappa shape index (κ1) is 14.9. The Bertz CT molecular complexity index is 473. The average molecular weight is 288 g/mol. The van der Waals surface area contributed by atoms with Gasteiger partial charge in [0.2, 0.25) is 0 Å². The molecule has 0 spiro atoms. The third kappa shape index (κ3) is 3.15. The van der Waals surface area contributed by atoms with Crippen molar-refractivity contribution in [3.8, 4) is 0 Å². The van der Waals surface area contributed by atoms with Gasteiger partial charge in [0.1, 0.15) is 11.6 Å². The molecule has 0 aliphatic carbocycles. The molecule has 1 aliphatic rings. The first-order chi connectivity index (χ1) is 9.31. The molecule has 1 atom stereocenters. The van der Waals surface area contributed by atoms with Gasteiger partial charge in [-0.25, -0.2) is 10.8 Å². The Balaban J connectivity index is 2.28. The fourth-order valence-corrected chi connectivity index (χ4v) is 2.46.